The van der Waals surface area contributed by atoms with E-state index in [9.17, 15) is 0 Å². The molecule has 0 aliphatic heterocycles. The highest BCUT2D eigenvalue weighted by molar-refractivity contribution is 5.50. The Bertz CT molecular complexity index is 357. The maximum absolute atomic E-state index is 5.82. The van der Waals surface area contributed by atoms with Crippen LogP contribution in [0.3, 0.4) is 0 Å². The van der Waals surface area contributed by atoms with Crippen molar-refractivity contribution in [2.24, 2.45) is 12.8 Å². The molecule has 0 amide bonds. The number of nitrogens with zero attached hydrogens (tertiary/aromatic N) is 3. The fourth-order valence-corrected chi connectivity index (χ4v) is 2.05. The van der Waals surface area contributed by atoms with Gasteiger partial charge in [0.1, 0.15) is 5.82 Å². The van der Waals surface area contributed by atoms with Crippen LogP contribution in [0, 0.1) is 6.92 Å². The molecule has 0 saturated carbocycles. The zero-order valence-corrected chi connectivity index (χ0v) is 11.8. The van der Waals surface area contributed by atoms with Crippen molar-refractivity contribution >= 4 is 5.82 Å². The standard InChI is InChI=1S/C12H24N4O2/c1-10-11(9-13)12(15(2)14-10)16(5-7-17-3)6-8-18-4/h5-9,13H2,1-4H3. The smallest absolute Gasteiger partial charge is 0.131 e. The second-order valence-electron chi connectivity index (χ2n) is 4.19. The number of nitrogens with two attached hydrogens (primary N) is 1. The molecule has 6 heteroatoms. The summed E-state index contributed by atoms with van der Waals surface area (Å²) >= 11 is 0. The second-order valence-corrected chi connectivity index (χ2v) is 4.19. The SMILES string of the molecule is COCCN(CCOC)c1c(CN)c(C)nn1C. The third-order valence-electron chi connectivity index (χ3n) is 2.95. The number of anilines is 1. The van der Waals surface area contributed by atoms with Crippen LogP contribution >= 0.6 is 0 Å². The molecule has 0 atom stereocenters. The Balaban J connectivity index is 2.95. The van der Waals surface area contributed by atoms with Gasteiger partial charge in [0, 0.05) is 46.5 Å². The van der Waals surface area contributed by atoms with Gasteiger partial charge in [-0.3, -0.25) is 4.68 Å². The number of rotatable bonds is 8. The van der Waals surface area contributed by atoms with Gasteiger partial charge in [0.15, 0.2) is 0 Å². The molecule has 104 valence electrons. The molecule has 0 spiro atoms. The predicted octanol–water partition coefficient (Wildman–Crippen LogP) is 0.286. The summed E-state index contributed by atoms with van der Waals surface area (Å²) < 4.78 is 12.2. The molecule has 1 aromatic heterocycles. The summed E-state index contributed by atoms with van der Waals surface area (Å²) in [6.07, 6.45) is 0. The Hall–Kier alpha value is -1.11. The molecule has 0 aromatic carbocycles. The molecule has 0 fully saturated rings. The van der Waals surface area contributed by atoms with Crippen LogP contribution in [0.1, 0.15) is 11.3 Å². The van der Waals surface area contributed by atoms with Crippen molar-refractivity contribution in [1.29, 1.82) is 0 Å². The van der Waals surface area contributed by atoms with E-state index in [2.05, 4.69) is 10.00 Å². The Morgan fingerprint density at radius 1 is 1.22 bits per heavy atom. The van der Waals surface area contributed by atoms with E-state index in [1.54, 1.807) is 14.2 Å². The Kier molecular flexibility index (Phi) is 6.11. The first-order chi connectivity index (χ1) is 8.65. The van der Waals surface area contributed by atoms with E-state index in [-0.39, 0.29) is 0 Å². The Morgan fingerprint density at radius 3 is 2.22 bits per heavy atom. The van der Waals surface area contributed by atoms with Crippen LogP contribution in [0.25, 0.3) is 0 Å². The molecule has 0 aliphatic carbocycles. The number of aryl methyl sites for hydroxylation is 2. The molecular formula is C12H24N4O2. The lowest BCUT2D eigenvalue weighted by Crippen LogP contribution is -2.33. The topological polar surface area (TPSA) is 65.5 Å². The van der Waals surface area contributed by atoms with Gasteiger partial charge in [-0.05, 0) is 6.92 Å². The number of methoxy groups -OCH3 is 2. The van der Waals surface area contributed by atoms with Gasteiger partial charge in [0.25, 0.3) is 0 Å². The van der Waals surface area contributed by atoms with E-state index < -0.39 is 0 Å². The molecular weight excluding hydrogens is 232 g/mol. The van der Waals surface area contributed by atoms with Crippen molar-refractivity contribution in [3.05, 3.63) is 11.3 Å². The van der Waals surface area contributed by atoms with Gasteiger partial charge in [0.05, 0.1) is 18.9 Å². The summed E-state index contributed by atoms with van der Waals surface area (Å²) in [7, 11) is 5.34. The second kappa shape index (κ2) is 7.35. The fraction of sp³-hybridized carbons (Fsp3) is 0.750. The molecule has 0 radical (unpaired) electrons. The quantitative estimate of drug-likeness (QED) is 0.724. The van der Waals surface area contributed by atoms with Gasteiger partial charge in [-0.25, -0.2) is 0 Å². The molecule has 0 bridgehead atoms. The third-order valence-corrected chi connectivity index (χ3v) is 2.95. The Morgan fingerprint density at radius 2 is 1.78 bits per heavy atom. The minimum Gasteiger partial charge on any atom is -0.383 e. The van der Waals surface area contributed by atoms with Crippen LogP contribution in [-0.4, -0.2) is 50.3 Å². The first-order valence-electron chi connectivity index (χ1n) is 6.11. The number of aromatic nitrogens is 2. The highest BCUT2D eigenvalue weighted by Crippen LogP contribution is 2.22. The minimum atomic E-state index is 0.492. The number of hydrogen-bond acceptors (Lipinski definition) is 5. The summed E-state index contributed by atoms with van der Waals surface area (Å²) in [6.45, 7) is 5.40. The van der Waals surface area contributed by atoms with E-state index in [0.717, 1.165) is 30.2 Å². The molecule has 18 heavy (non-hydrogen) atoms. The van der Waals surface area contributed by atoms with Crippen LogP contribution in [0.2, 0.25) is 0 Å². The van der Waals surface area contributed by atoms with Gasteiger partial charge >= 0.3 is 0 Å². The molecule has 0 unspecified atom stereocenters. The van der Waals surface area contributed by atoms with Crippen molar-refractivity contribution in [2.45, 2.75) is 13.5 Å². The monoisotopic (exact) mass is 256 g/mol. The summed E-state index contributed by atoms with van der Waals surface area (Å²) in [5.41, 5.74) is 7.89. The molecule has 1 aromatic rings. The van der Waals surface area contributed by atoms with Crippen LogP contribution in [0.4, 0.5) is 5.82 Å². The molecule has 0 saturated heterocycles. The maximum Gasteiger partial charge on any atom is 0.131 e. The van der Waals surface area contributed by atoms with Crippen LogP contribution in [-0.2, 0) is 23.1 Å². The minimum absolute atomic E-state index is 0.492. The highest BCUT2D eigenvalue weighted by atomic mass is 16.5. The summed E-state index contributed by atoms with van der Waals surface area (Å²) in [5.74, 6) is 1.06. The molecule has 1 rings (SSSR count). The van der Waals surface area contributed by atoms with Gasteiger partial charge in [-0.2, -0.15) is 5.10 Å². The maximum atomic E-state index is 5.82. The lowest BCUT2D eigenvalue weighted by Gasteiger charge is -2.25. The van der Waals surface area contributed by atoms with Crippen molar-refractivity contribution in [3.8, 4) is 0 Å². The zero-order valence-electron chi connectivity index (χ0n) is 11.8. The van der Waals surface area contributed by atoms with E-state index in [1.165, 1.54) is 0 Å². The highest BCUT2D eigenvalue weighted by Gasteiger charge is 2.18. The molecule has 1 heterocycles. The van der Waals surface area contributed by atoms with Crippen molar-refractivity contribution in [3.63, 3.8) is 0 Å². The predicted molar refractivity (Wildman–Crippen MR) is 71.8 cm³/mol. The number of hydrogen-bond donors (Lipinski definition) is 1. The van der Waals surface area contributed by atoms with Gasteiger partial charge in [-0.1, -0.05) is 0 Å². The summed E-state index contributed by atoms with van der Waals surface area (Å²) in [6, 6.07) is 0. The number of ether oxygens (including phenoxy) is 2. The largest absolute Gasteiger partial charge is 0.383 e. The normalized spacial score (nSPS) is 10.9. The van der Waals surface area contributed by atoms with E-state index >= 15 is 0 Å². The van der Waals surface area contributed by atoms with Gasteiger partial charge in [0.2, 0.25) is 0 Å². The lowest BCUT2D eigenvalue weighted by molar-refractivity contribution is 0.189. The van der Waals surface area contributed by atoms with Crippen LogP contribution in [0.15, 0.2) is 0 Å². The van der Waals surface area contributed by atoms with Gasteiger partial charge < -0.3 is 20.1 Å². The van der Waals surface area contributed by atoms with E-state index in [1.807, 2.05) is 18.7 Å². The summed E-state index contributed by atoms with van der Waals surface area (Å²) in [4.78, 5) is 2.20. The molecule has 6 nitrogen and oxygen atoms in total. The fourth-order valence-electron chi connectivity index (χ4n) is 2.05. The molecule has 2 N–H and O–H groups in total. The van der Waals surface area contributed by atoms with Crippen molar-refractivity contribution in [1.82, 2.24) is 9.78 Å². The van der Waals surface area contributed by atoms with Crippen LogP contribution < -0.4 is 10.6 Å². The van der Waals surface area contributed by atoms with E-state index in [4.69, 9.17) is 15.2 Å². The molecule has 0 aliphatic rings. The van der Waals surface area contributed by atoms with Crippen LogP contribution in [0.5, 0.6) is 0 Å². The first kappa shape index (κ1) is 14.9. The average Bonchev–Trinajstić information content (AvgIpc) is 2.64. The summed E-state index contributed by atoms with van der Waals surface area (Å²) in [5, 5.41) is 4.43. The first-order valence-corrected chi connectivity index (χ1v) is 6.11. The lowest BCUT2D eigenvalue weighted by atomic mass is 10.2. The third kappa shape index (κ3) is 3.44. The Labute approximate surface area is 109 Å². The zero-order chi connectivity index (χ0) is 13.5. The average molecular weight is 256 g/mol. The van der Waals surface area contributed by atoms with Gasteiger partial charge in [-0.15, -0.1) is 0 Å². The van der Waals surface area contributed by atoms with Crippen molar-refractivity contribution in [2.75, 3.05) is 45.4 Å². The van der Waals surface area contributed by atoms with Crippen molar-refractivity contribution < 1.29 is 9.47 Å². The van der Waals surface area contributed by atoms with E-state index in [0.29, 0.717) is 19.8 Å².